The third kappa shape index (κ3) is 4.90. The summed E-state index contributed by atoms with van der Waals surface area (Å²) < 4.78 is 0. The summed E-state index contributed by atoms with van der Waals surface area (Å²) >= 11 is 1.96. The highest BCUT2D eigenvalue weighted by Gasteiger charge is 2.04. The Morgan fingerprint density at radius 3 is 2.56 bits per heavy atom. The molecular weight excluding hydrogens is 218 g/mol. The van der Waals surface area contributed by atoms with Crippen LogP contribution in [0.25, 0.3) is 0 Å². The van der Waals surface area contributed by atoms with E-state index in [1.807, 2.05) is 17.8 Å². The monoisotopic (exact) mass is 239 g/mol. The highest BCUT2D eigenvalue weighted by atomic mass is 32.2. The normalized spacial score (nSPS) is 10.4. The van der Waals surface area contributed by atoms with Crippen LogP contribution in [0.2, 0.25) is 0 Å². The van der Waals surface area contributed by atoms with Gasteiger partial charge in [0.25, 0.3) is 0 Å². The maximum Gasteiger partial charge on any atom is 0.0447 e. The molecule has 1 N–H and O–H groups in total. The van der Waals surface area contributed by atoms with E-state index in [-0.39, 0.29) is 6.61 Å². The SMILES string of the molecule is CCSCCN(CCCO)c1ccccc1. The summed E-state index contributed by atoms with van der Waals surface area (Å²) in [5, 5.41) is 8.90. The number of benzene rings is 1. The first-order valence-electron chi connectivity index (χ1n) is 5.87. The first-order chi connectivity index (χ1) is 7.88. The molecule has 1 aromatic carbocycles. The van der Waals surface area contributed by atoms with Gasteiger partial charge < -0.3 is 10.0 Å². The van der Waals surface area contributed by atoms with E-state index < -0.39 is 0 Å². The Balaban J connectivity index is 2.49. The van der Waals surface area contributed by atoms with Crippen LogP contribution in [0.15, 0.2) is 30.3 Å². The van der Waals surface area contributed by atoms with Crippen molar-refractivity contribution in [3.8, 4) is 0 Å². The molecule has 1 aromatic rings. The topological polar surface area (TPSA) is 23.5 Å². The number of anilines is 1. The van der Waals surface area contributed by atoms with Crippen molar-refractivity contribution >= 4 is 17.4 Å². The molecule has 0 aromatic heterocycles. The third-order valence-corrected chi connectivity index (χ3v) is 3.30. The fraction of sp³-hybridized carbons (Fsp3) is 0.538. The minimum atomic E-state index is 0.268. The van der Waals surface area contributed by atoms with Crippen LogP contribution in [0.4, 0.5) is 5.69 Å². The lowest BCUT2D eigenvalue weighted by Gasteiger charge is -2.24. The largest absolute Gasteiger partial charge is 0.396 e. The van der Waals surface area contributed by atoms with Crippen molar-refractivity contribution < 1.29 is 5.11 Å². The molecular formula is C13H21NOS. The van der Waals surface area contributed by atoms with Gasteiger partial charge in [0.2, 0.25) is 0 Å². The van der Waals surface area contributed by atoms with Crippen molar-refractivity contribution in [3.05, 3.63) is 30.3 Å². The first kappa shape index (κ1) is 13.4. The average Bonchev–Trinajstić information content (AvgIpc) is 2.35. The lowest BCUT2D eigenvalue weighted by Crippen LogP contribution is -2.27. The molecule has 0 aliphatic rings. The number of rotatable bonds is 8. The number of thioether (sulfide) groups is 1. The van der Waals surface area contributed by atoms with Crippen LogP contribution in [-0.2, 0) is 0 Å². The average molecular weight is 239 g/mol. The molecule has 0 radical (unpaired) electrons. The van der Waals surface area contributed by atoms with Crippen molar-refractivity contribution in [1.29, 1.82) is 0 Å². The van der Waals surface area contributed by atoms with Crippen LogP contribution in [0.3, 0.4) is 0 Å². The Kier molecular flexibility index (Phi) is 7.10. The molecule has 16 heavy (non-hydrogen) atoms. The lowest BCUT2D eigenvalue weighted by molar-refractivity contribution is 0.289. The predicted molar refractivity (Wildman–Crippen MR) is 73.4 cm³/mol. The number of aliphatic hydroxyl groups is 1. The number of aliphatic hydroxyl groups excluding tert-OH is 1. The molecule has 0 saturated heterocycles. The second-order valence-electron chi connectivity index (χ2n) is 3.60. The molecule has 2 nitrogen and oxygen atoms in total. The van der Waals surface area contributed by atoms with Crippen LogP contribution < -0.4 is 4.90 Å². The Hall–Kier alpha value is -0.670. The Bertz CT molecular complexity index is 266. The third-order valence-electron chi connectivity index (χ3n) is 2.42. The number of nitrogens with zero attached hydrogens (tertiary/aromatic N) is 1. The lowest BCUT2D eigenvalue weighted by atomic mass is 10.2. The van der Waals surface area contributed by atoms with Crippen molar-refractivity contribution in [2.24, 2.45) is 0 Å². The van der Waals surface area contributed by atoms with Gasteiger partial charge in [0.1, 0.15) is 0 Å². The van der Waals surface area contributed by atoms with E-state index in [2.05, 4.69) is 36.1 Å². The molecule has 0 aliphatic heterocycles. The van der Waals surface area contributed by atoms with Gasteiger partial charge in [0.05, 0.1) is 0 Å². The van der Waals surface area contributed by atoms with E-state index in [0.29, 0.717) is 0 Å². The molecule has 0 fully saturated rings. The zero-order valence-electron chi connectivity index (χ0n) is 9.93. The fourth-order valence-corrected chi connectivity index (χ4v) is 2.23. The van der Waals surface area contributed by atoms with Gasteiger partial charge >= 0.3 is 0 Å². The molecule has 0 atom stereocenters. The van der Waals surface area contributed by atoms with Gasteiger partial charge in [-0.3, -0.25) is 0 Å². The van der Waals surface area contributed by atoms with E-state index in [9.17, 15) is 0 Å². The Morgan fingerprint density at radius 2 is 1.94 bits per heavy atom. The van der Waals surface area contributed by atoms with Gasteiger partial charge in [-0.25, -0.2) is 0 Å². The minimum absolute atomic E-state index is 0.268. The van der Waals surface area contributed by atoms with Crippen LogP contribution in [0, 0.1) is 0 Å². The Labute approximate surface area is 103 Å². The van der Waals surface area contributed by atoms with Gasteiger partial charge in [0.15, 0.2) is 0 Å². The van der Waals surface area contributed by atoms with E-state index in [0.717, 1.165) is 25.3 Å². The highest BCUT2D eigenvalue weighted by Crippen LogP contribution is 2.14. The fourth-order valence-electron chi connectivity index (χ4n) is 1.59. The number of hydrogen-bond acceptors (Lipinski definition) is 3. The zero-order chi connectivity index (χ0) is 11.6. The molecule has 0 amide bonds. The quantitative estimate of drug-likeness (QED) is 0.705. The van der Waals surface area contributed by atoms with Gasteiger partial charge in [-0.15, -0.1) is 0 Å². The molecule has 0 bridgehead atoms. The summed E-state index contributed by atoms with van der Waals surface area (Å²) in [5.74, 6) is 2.32. The Morgan fingerprint density at radius 1 is 1.19 bits per heavy atom. The summed E-state index contributed by atoms with van der Waals surface area (Å²) in [4.78, 5) is 2.35. The van der Waals surface area contributed by atoms with Crippen molar-refractivity contribution in [3.63, 3.8) is 0 Å². The summed E-state index contributed by atoms with van der Waals surface area (Å²) in [5.41, 5.74) is 1.26. The highest BCUT2D eigenvalue weighted by molar-refractivity contribution is 7.99. The molecule has 0 aliphatic carbocycles. The van der Waals surface area contributed by atoms with Crippen molar-refractivity contribution in [1.82, 2.24) is 0 Å². The molecule has 0 heterocycles. The molecule has 0 unspecified atom stereocenters. The molecule has 90 valence electrons. The standard InChI is InChI=1S/C13H21NOS/c1-2-16-12-10-14(9-6-11-15)13-7-4-3-5-8-13/h3-5,7-8,15H,2,6,9-12H2,1H3. The maximum atomic E-state index is 8.90. The van der Waals surface area contributed by atoms with E-state index in [1.165, 1.54) is 11.4 Å². The van der Waals surface area contributed by atoms with Crippen LogP contribution in [0.5, 0.6) is 0 Å². The van der Waals surface area contributed by atoms with Crippen molar-refractivity contribution in [2.75, 3.05) is 36.1 Å². The summed E-state index contributed by atoms with van der Waals surface area (Å²) in [6.45, 7) is 4.45. The van der Waals surface area contributed by atoms with Crippen LogP contribution in [0.1, 0.15) is 13.3 Å². The van der Waals surface area contributed by atoms with Crippen molar-refractivity contribution in [2.45, 2.75) is 13.3 Å². The van der Waals surface area contributed by atoms with Crippen LogP contribution in [-0.4, -0.2) is 36.3 Å². The zero-order valence-corrected chi connectivity index (χ0v) is 10.7. The van der Waals surface area contributed by atoms with Crippen LogP contribution >= 0.6 is 11.8 Å². The molecule has 3 heteroatoms. The van der Waals surface area contributed by atoms with Gasteiger partial charge in [-0.05, 0) is 24.3 Å². The second kappa shape index (κ2) is 8.48. The van der Waals surface area contributed by atoms with E-state index in [1.54, 1.807) is 0 Å². The molecule has 0 spiro atoms. The molecule has 0 saturated carbocycles. The second-order valence-corrected chi connectivity index (χ2v) is 4.99. The van der Waals surface area contributed by atoms with Gasteiger partial charge in [-0.2, -0.15) is 11.8 Å². The number of para-hydroxylation sites is 1. The molecule has 1 rings (SSSR count). The first-order valence-corrected chi connectivity index (χ1v) is 7.02. The summed E-state index contributed by atoms with van der Waals surface area (Å²) in [6, 6.07) is 10.4. The van der Waals surface area contributed by atoms with Gasteiger partial charge in [-0.1, -0.05) is 25.1 Å². The van der Waals surface area contributed by atoms with E-state index in [4.69, 9.17) is 5.11 Å². The summed E-state index contributed by atoms with van der Waals surface area (Å²) in [7, 11) is 0. The maximum absolute atomic E-state index is 8.90. The summed E-state index contributed by atoms with van der Waals surface area (Å²) in [6.07, 6.45) is 0.839. The van der Waals surface area contributed by atoms with E-state index >= 15 is 0 Å². The predicted octanol–water partition coefficient (Wildman–Crippen LogP) is 2.63. The minimum Gasteiger partial charge on any atom is -0.396 e. The smallest absolute Gasteiger partial charge is 0.0447 e. The van der Waals surface area contributed by atoms with Gasteiger partial charge in [0, 0.05) is 31.1 Å². The number of hydrogen-bond donors (Lipinski definition) is 1.